The van der Waals surface area contributed by atoms with Crippen LogP contribution in [-0.4, -0.2) is 11.8 Å². The summed E-state index contributed by atoms with van der Waals surface area (Å²) in [6.45, 7) is 4.09. The lowest BCUT2D eigenvalue weighted by atomic mass is 10.1. The van der Waals surface area contributed by atoms with Crippen molar-refractivity contribution >= 4 is 46.6 Å². The average molecular weight is 449 g/mol. The van der Waals surface area contributed by atoms with Gasteiger partial charge in [0.15, 0.2) is 0 Å². The Hall–Kier alpha value is -3.02. The second-order valence-electron chi connectivity index (χ2n) is 7.19. The molecule has 0 fully saturated rings. The molecule has 156 valence electrons. The predicted molar refractivity (Wildman–Crippen MR) is 127 cm³/mol. The van der Waals surface area contributed by atoms with Gasteiger partial charge >= 0.3 is 0 Å². The molecule has 0 unspecified atom stereocenters. The van der Waals surface area contributed by atoms with Crippen LogP contribution in [0.15, 0.2) is 88.3 Å². The molecule has 3 aromatic rings. The lowest BCUT2D eigenvalue weighted by Gasteiger charge is -2.16. The minimum Gasteiger partial charge on any atom is -0.350 e. The van der Waals surface area contributed by atoms with Gasteiger partial charge in [0, 0.05) is 10.6 Å². The summed E-state index contributed by atoms with van der Waals surface area (Å²) in [5, 5.41) is 3.52. The molecule has 0 atom stereocenters. The number of para-hydroxylation sites is 1. The number of rotatable bonds is 6. The number of aryl methyl sites for hydroxylation is 2. The predicted octanol–water partition coefficient (Wildman–Crippen LogP) is 6.20. The normalized spacial score (nSPS) is 13.8. The van der Waals surface area contributed by atoms with Gasteiger partial charge in [-0.1, -0.05) is 72.2 Å². The number of carbonyl (C=O) groups excluding carboxylic acids is 2. The number of amides is 2. The van der Waals surface area contributed by atoms with Crippen molar-refractivity contribution in [2.24, 2.45) is 0 Å². The number of imide groups is 1. The molecule has 0 aromatic heterocycles. The molecule has 0 radical (unpaired) electrons. The largest absolute Gasteiger partial charge is 0.350 e. The molecule has 1 N–H and O–H groups in total. The highest BCUT2D eigenvalue weighted by molar-refractivity contribution is 8.04. The van der Waals surface area contributed by atoms with E-state index in [1.54, 1.807) is 24.3 Å². The molecule has 0 saturated heterocycles. The maximum absolute atomic E-state index is 13.4. The SMILES string of the molecule is CCc1ccc(NC2=C(Sc3ccc(C)cc3)C(=O)N(c3ccccc3Cl)C2=O)cc1. The molecule has 4 rings (SSSR count). The Labute approximate surface area is 190 Å². The maximum Gasteiger partial charge on any atom is 0.283 e. The van der Waals surface area contributed by atoms with Crippen molar-refractivity contribution < 1.29 is 9.59 Å². The van der Waals surface area contributed by atoms with Gasteiger partial charge in [-0.3, -0.25) is 9.59 Å². The molecule has 0 saturated carbocycles. The molecule has 1 aliphatic rings. The second-order valence-corrected chi connectivity index (χ2v) is 8.68. The fourth-order valence-corrected chi connectivity index (χ4v) is 4.41. The first-order valence-electron chi connectivity index (χ1n) is 9.96. The molecular weight excluding hydrogens is 428 g/mol. The number of hydrogen-bond donors (Lipinski definition) is 1. The summed E-state index contributed by atoms with van der Waals surface area (Å²) in [6.07, 6.45) is 0.926. The highest BCUT2D eigenvalue weighted by Crippen LogP contribution is 2.39. The van der Waals surface area contributed by atoms with Crippen LogP contribution in [0.1, 0.15) is 18.1 Å². The molecule has 0 bridgehead atoms. The quantitative estimate of drug-likeness (QED) is 0.456. The van der Waals surface area contributed by atoms with Gasteiger partial charge in [0.1, 0.15) is 10.6 Å². The number of thioether (sulfide) groups is 1. The summed E-state index contributed by atoms with van der Waals surface area (Å²) in [4.78, 5) is 29.1. The van der Waals surface area contributed by atoms with E-state index in [-0.39, 0.29) is 5.70 Å². The molecule has 6 heteroatoms. The smallest absolute Gasteiger partial charge is 0.283 e. The second kappa shape index (κ2) is 9.00. The first kappa shape index (κ1) is 21.2. The van der Waals surface area contributed by atoms with Gasteiger partial charge in [-0.2, -0.15) is 0 Å². The lowest BCUT2D eigenvalue weighted by molar-refractivity contribution is -0.120. The van der Waals surface area contributed by atoms with Crippen molar-refractivity contribution in [2.45, 2.75) is 25.2 Å². The molecule has 1 aliphatic heterocycles. The van der Waals surface area contributed by atoms with E-state index in [9.17, 15) is 9.59 Å². The standard InChI is InChI=1S/C25H21ClN2O2S/c1-3-17-10-12-18(13-11-17)27-22-23(31-19-14-8-16(2)9-15-19)25(30)28(24(22)29)21-7-5-4-6-20(21)26/h4-15,27H,3H2,1-2H3. The Bertz CT molecular complexity index is 1170. The summed E-state index contributed by atoms with van der Waals surface area (Å²) in [5.74, 6) is -0.816. The Morgan fingerprint density at radius 2 is 1.58 bits per heavy atom. The number of nitrogens with zero attached hydrogens (tertiary/aromatic N) is 1. The summed E-state index contributed by atoms with van der Waals surface area (Å²) < 4.78 is 0. The Morgan fingerprint density at radius 1 is 0.903 bits per heavy atom. The molecule has 31 heavy (non-hydrogen) atoms. The van der Waals surface area contributed by atoms with Gasteiger partial charge in [0.05, 0.1) is 10.7 Å². The average Bonchev–Trinajstić information content (AvgIpc) is 3.00. The third kappa shape index (κ3) is 4.38. The fourth-order valence-electron chi connectivity index (χ4n) is 3.26. The first-order valence-corrected chi connectivity index (χ1v) is 11.2. The zero-order valence-electron chi connectivity index (χ0n) is 17.2. The van der Waals surface area contributed by atoms with Gasteiger partial charge < -0.3 is 5.32 Å². The Kier molecular flexibility index (Phi) is 6.16. The van der Waals surface area contributed by atoms with Crippen molar-refractivity contribution in [3.05, 3.63) is 99.5 Å². The van der Waals surface area contributed by atoms with E-state index in [1.807, 2.05) is 55.5 Å². The van der Waals surface area contributed by atoms with Crippen LogP contribution in [0.3, 0.4) is 0 Å². The van der Waals surface area contributed by atoms with Gasteiger partial charge in [0.2, 0.25) is 0 Å². The third-order valence-electron chi connectivity index (χ3n) is 5.01. The van der Waals surface area contributed by atoms with Gasteiger partial charge in [0.25, 0.3) is 11.8 Å². The maximum atomic E-state index is 13.4. The van der Waals surface area contributed by atoms with Crippen LogP contribution in [0.25, 0.3) is 0 Å². The first-order chi connectivity index (χ1) is 15.0. The number of halogens is 1. The third-order valence-corrected chi connectivity index (χ3v) is 6.42. The molecule has 3 aromatic carbocycles. The number of carbonyl (C=O) groups is 2. The van der Waals surface area contributed by atoms with Crippen LogP contribution >= 0.6 is 23.4 Å². The van der Waals surface area contributed by atoms with Crippen molar-refractivity contribution in [1.82, 2.24) is 0 Å². The summed E-state index contributed by atoms with van der Waals surface area (Å²) >= 11 is 7.58. The van der Waals surface area contributed by atoms with E-state index < -0.39 is 11.8 Å². The van der Waals surface area contributed by atoms with Crippen LogP contribution in [0.4, 0.5) is 11.4 Å². The molecule has 0 spiro atoms. The zero-order chi connectivity index (χ0) is 22.0. The van der Waals surface area contributed by atoms with E-state index in [0.717, 1.165) is 27.5 Å². The number of anilines is 2. The topological polar surface area (TPSA) is 49.4 Å². The molecule has 0 aliphatic carbocycles. The molecular formula is C25H21ClN2O2S. The van der Waals surface area contributed by atoms with Gasteiger partial charge in [-0.05, 0) is 55.3 Å². The van der Waals surface area contributed by atoms with E-state index >= 15 is 0 Å². The van der Waals surface area contributed by atoms with Crippen molar-refractivity contribution in [3.8, 4) is 0 Å². The van der Waals surface area contributed by atoms with E-state index in [0.29, 0.717) is 15.6 Å². The minimum atomic E-state index is -0.424. The number of hydrogen-bond acceptors (Lipinski definition) is 4. The monoisotopic (exact) mass is 448 g/mol. The van der Waals surface area contributed by atoms with Crippen LogP contribution in [-0.2, 0) is 16.0 Å². The van der Waals surface area contributed by atoms with Crippen molar-refractivity contribution in [3.63, 3.8) is 0 Å². The highest BCUT2D eigenvalue weighted by Gasteiger charge is 2.41. The van der Waals surface area contributed by atoms with Crippen LogP contribution in [0.5, 0.6) is 0 Å². The number of nitrogens with one attached hydrogen (secondary N) is 1. The van der Waals surface area contributed by atoms with E-state index in [4.69, 9.17) is 11.6 Å². The van der Waals surface area contributed by atoms with Crippen molar-refractivity contribution in [1.29, 1.82) is 0 Å². The molecule has 4 nitrogen and oxygen atoms in total. The molecule has 1 heterocycles. The van der Waals surface area contributed by atoms with Gasteiger partial charge in [-0.15, -0.1) is 0 Å². The molecule has 2 amide bonds. The van der Waals surface area contributed by atoms with E-state index in [2.05, 4.69) is 12.2 Å². The van der Waals surface area contributed by atoms with E-state index in [1.165, 1.54) is 17.3 Å². The van der Waals surface area contributed by atoms with Gasteiger partial charge in [-0.25, -0.2) is 4.90 Å². The summed E-state index contributed by atoms with van der Waals surface area (Å²) in [7, 11) is 0. The van der Waals surface area contributed by atoms with Crippen LogP contribution < -0.4 is 10.2 Å². The van der Waals surface area contributed by atoms with Crippen molar-refractivity contribution in [2.75, 3.05) is 10.2 Å². The highest BCUT2D eigenvalue weighted by atomic mass is 35.5. The Balaban J connectivity index is 1.74. The summed E-state index contributed by atoms with van der Waals surface area (Å²) in [5.41, 5.74) is 3.69. The van der Waals surface area contributed by atoms with Crippen LogP contribution in [0, 0.1) is 6.92 Å². The minimum absolute atomic E-state index is 0.250. The summed E-state index contributed by atoms with van der Waals surface area (Å²) in [6, 6.07) is 22.5. The zero-order valence-corrected chi connectivity index (χ0v) is 18.8. The number of benzene rings is 3. The lowest BCUT2D eigenvalue weighted by Crippen LogP contribution is -2.32. The Morgan fingerprint density at radius 3 is 2.23 bits per heavy atom. The fraction of sp³-hybridized carbons (Fsp3) is 0.120. The van der Waals surface area contributed by atoms with Crippen LogP contribution in [0.2, 0.25) is 5.02 Å².